The lowest BCUT2D eigenvalue weighted by molar-refractivity contribution is 0.542. The maximum absolute atomic E-state index is 5.02. The standard InChI is InChI=1S/C22H24N4S2/c1-15-11-16(2)26(25-15)9-8-23-14-18-12-17-6-7-19(27-3)13-20(17)24-22(18)21-5-4-10-28-21/h4-7,10-13,23H,8-9,14H2,1-3H3. The Morgan fingerprint density at radius 1 is 1.14 bits per heavy atom. The van der Waals surface area contributed by atoms with Crippen LogP contribution in [0.2, 0.25) is 0 Å². The Morgan fingerprint density at radius 3 is 2.75 bits per heavy atom. The van der Waals surface area contributed by atoms with Crippen LogP contribution in [0.3, 0.4) is 0 Å². The third-order valence-electron chi connectivity index (χ3n) is 4.78. The van der Waals surface area contributed by atoms with Crippen LogP contribution in [-0.2, 0) is 13.1 Å². The number of nitrogens with one attached hydrogen (secondary N) is 1. The zero-order chi connectivity index (χ0) is 19.5. The summed E-state index contributed by atoms with van der Waals surface area (Å²) in [5.74, 6) is 0. The number of benzene rings is 1. The smallest absolute Gasteiger partial charge is 0.0854 e. The molecule has 4 rings (SSSR count). The summed E-state index contributed by atoms with van der Waals surface area (Å²) in [5, 5.41) is 11.4. The van der Waals surface area contributed by atoms with E-state index in [1.54, 1.807) is 23.1 Å². The van der Waals surface area contributed by atoms with E-state index in [4.69, 9.17) is 4.98 Å². The highest BCUT2D eigenvalue weighted by Gasteiger charge is 2.11. The van der Waals surface area contributed by atoms with Gasteiger partial charge in [-0.2, -0.15) is 5.10 Å². The number of hydrogen-bond acceptors (Lipinski definition) is 5. The van der Waals surface area contributed by atoms with Gasteiger partial charge < -0.3 is 5.32 Å². The van der Waals surface area contributed by atoms with E-state index in [-0.39, 0.29) is 0 Å². The van der Waals surface area contributed by atoms with Gasteiger partial charge in [0.2, 0.25) is 0 Å². The van der Waals surface area contributed by atoms with E-state index < -0.39 is 0 Å². The van der Waals surface area contributed by atoms with E-state index in [9.17, 15) is 0 Å². The summed E-state index contributed by atoms with van der Waals surface area (Å²) in [4.78, 5) is 7.48. The molecule has 3 heterocycles. The van der Waals surface area contributed by atoms with Gasteiger partial charge in [0.15, 0.2) is 0 Å². The summed E-state index contributed by atoms with van der Waals surface area (Å²) in [5.41, 5.74) is 5.65. The summed E-state index contributed by atoms with van der Waals surface area (Å²) >= 11 is 3.49. The monoisotopic (exact) mass is 408 g/mol. The molecule has 4 aromatic rings. The summed E-state index contributed by atoms with van der Waals surface area (Å²) < 4.78 is 2.06. The lowest BCUT2D eigenvalue weighted by Gasteiger charge is -2.12. The van der Waals surface area contributed by atoms with Crippen LogP contribution in [0.5, 0.6) is 0 Å². The Hall–Kier alpha value is -2.15. The Balaban J connectivity index is 1.56. The lowest BCUT2D eigenvalue weighted by atomic mass is 10.1. The molecule has 0 radical (unpaired) electrons. The van der Waals surface area contributed by atoms with Crippen molar-refractivity contribution in [1.29, 1.82) is 0 Å². The molecule has 0 aliphatic rings. The second-order valence-electron chi connectivity index (χ2n) is 6.86. The summed E-state index contributed by atoms with van der Waals surface area (Å²) in [6.45, 7) is 6.67. The van der Waals surface area contributed by atoms with Gasteiger partial charge in [-0.15, -0.1) is 23.1 Å². The third kappa shape index (κ3) is 4.14. The molecule has 4 nitrogen and oxygen atoms in total. The highest BCUT2D eigenvalue weighted by atomic mass is 32.2. The number of hydrogen-bond donors (Lipinski definition) is 1. The molecular weight excluding hydrogens is 384 g/mol. The van der Waals surface area contributed by atoms with Gasteiger partial charge in [-0.3, -0.25) is 4.68 Å². The second-order valence-corrected chi connectivity index (χ2v) is 8.69. The van der Waals surface area contributed by atoms with Gasteiger partial charge in [0, 0.05) is 29.1 Å². The molecule has 1 N–H and O–H groups in total. The maximum atomic E-state index is 5.02. The second kappa shape index (κ2) is 8.47. The van der Waals surface area contributed by atoms with Crippen LogP contribution in [0, 0.1) is 13.8 Å². The Kier molecular flexibility index (Phi) is 5.80. The van der Waals surface area contributed by atoms with Crippen molar-refractivity contribution >= 4 is 34.0 Å². The van der Waals surface area contributed by atoms with Crippen molar-refractivity contribution < 1.29 is 0 Å². The largest absolute Gasteiger partial charge is 0.311 e. The number of rotatable bonds is 7. The topological polar surface area (TPSA) is 42.7 Å². The van der Waals surface area contributed by atoms with E-state index >= 15 is 0 Å². The first-order valence-corrected chi connectivity index (χ1v) is 11.5. The van der Waals surface area contributed by atoms with Crippen molar-refractivity contribution in [2.24, 2.45) is 0 Å². The molecular formula is C22H24N4S2. The van der Waals surface area contributed by atoms with Crippen LogP contribution in [0.1, 0.15) is 17.0 Å². The van der Waals surface area contributed by atoms with Gasteiger partial charge in [-0.1, -0.05) is 12.1 Å². The van der Waals surface area contributed by atoms with Gasteiger partial charge in [0.05, 0.1) is 28.3 Å². The molecule has 0 spiro atoms. The molecule has 1 aromatic carbocycles. The molecule has 6 heteroatoms. The van der Waals surface area contributed by atoms with Gasteiger partial charge in [-0.25, -0.2) is 4.98 Å². The number of nitrogens with zero attached hydrogens (tertiary/aromatic N) is 3. The van der Waals surface area contributed by atoms with Crippen LogP contribution in [0.25, 0.3) is 21.5 Å². The Labute approximate surface area is 174 Å². The molecule has 144 valence electrons. The number of aryl methyl sites for hydroxylation is 2. The first kappa shape index (κ1) is 19.2. The molecule has 0 fully saturated rings. The number of thiophene rings is 1. The molecule has 0 amide bonds. The first-order valence-electron chi connectivity index (χ1n) is 9.37. The van der Waals surface area contributed by atoms with Crippen molar-refractivity contribution in [3.63, 3.8) is 0 Å². The zero-order valence-electron chi connectivity index (χ0n) is 16.4. The van der Waals surface area contributed by atoms with E-state index in [0.717, 1.165) is 36.5 Å². The summed E-state index contributed by atoms with van der Waals surface area (Å²) in [6.07, 6.45) is 2.10. The number of fused-ring (bicyclic) bond motifs is 1. The number of pyridine rings is 1. The van der Waals surface area contributed by atoms with Crippen molar-refractivity contribution in [2.45, 2.75) is 31.8 Å². The average molecular weight is 409 g/mol. The van der Waals surface area contributed by atoms with Gasteiger partial charge >= 0.3 is 0 Å². The van der Waals surface area contributed by atoms with Crippen LogP contribution >= 0.6 is 23.1 Å². The maximum Gasteiger partial charge on any atom is 0.0854 e. The van der Waals surface area contributed by atoms with Gasteiger partial charge in [0.1, 0.15) is 0 Å². The van der Waals surface area contributed by atoms with Crippen molar-refractivity contribution in [2.75, 3.05) is 12.8 Å². The quantitative estimate of drug-likeness (QED) is 0.333. The van der Waals surface area contributed by atoms with Crippen LogP contribution in [-0.4, -0.2) is 27.6 Å². The van der Waals surface area contributed by atoms with Crippen molar-refractivity contribution in [3.05, 3.63) is 64.8 Å². The fourth-order valence-electron chi connectivity index (χ4n) is 3.39. The molecule has 0 bridgehead atoms. The summed E-state index contributed by atoms with van der Waals surface area (Å²) in [6, 6.07) is 15.1. The normalized spacial score (nSPS) is 11.4. The first-order chi connectivity index (χ1) is 13.6. The number of aromatic nitrogens is 3. The predicted molar refractivity (Wildman–Crippen MR) is 120 cm³/mol. The highest BCUT2D eigenvalue weighted by molar-refractivity contribution is 7.98. The minimum absolute atomic E-state index is 0.791. The molecule has 0 aliphatic heterocycles. The lowest BCUT2D eigenvalue weighted by Crippen LogP contribution is -2.21. The molecule has 0 unspecified atom stereocenters. The highest BCUT2D eigenvalue weighted by Crippen LogP contribution is 2.30. The minimum atomic E-state index is 0.791. The van der Waals surface area contributed by atoms with E-state index in [1.807, 2.05) is 6.92 Å². The van der Waals surface area contributed by atoms with Crippen LogP contribution < -0.4 is 5.32 Å². The Morgan fingerprint density at radius 2 is 2.04 bits per heavy atom. The molecule has 0 atom stereocenters. The Bertz CT molecular complexity index is 1080. The van der Waals surface area contributed by atoms with Crippen molar-refractivity contribution in [3.8, 4) is 10.6 Å². The van der Waals surface area contributed by atoms with Crippen LogP contribution in [0.4, 0.5) is 0 Å². The molecule has 28 heavy (non-hydrogen) atoms. The zero-order valence-corrected chi connectivity index (χ0v) is 18.0. The molecule has 3 aromatic heterocycles. The predicted octanol–water partition coefficient (Wildman–Crippen LogP) is 5.29. The third-order valence-corrected chi connectivity index (χ3v) is 6.38. The van der Waals surface area contributed by atoms with Crippen molar-refractivity contribution in [1.82, 2.24) is 20.1 Å². The average Bonchev–Trinajstić information content (AvgIpc) is 3.33. The fraction of sp³-hybridized carbons (Fsp3) is 0.273. The van der Waals surface area contributed by atoms with Gasteiger partial charge in [-0.05, 0) is 61.4 Å². The van der Waals surface area contributed by atoms with E-state index in [0.29, 0.717) is 0 Å². The minimum Gasteiger partial charge on any atom is -0.311 e. The molecule has 0 saturated heterocycles. The summed E-state index contributed by atoms with van der Waals surface area (Å²) in [7, 11) is 0. The molecule has 0 saturated carbocycles. The fourth-order valence-corrected chi connectivity index (χ4v) is 4.57. The van der Waals surface area contributed by atoms with Crippen LogP contribution in [0.15, 0.2) is 52.7 Å². The SMILES string of the molecule is CSc1ccc2cc(CNCCn3nc(C)cc3C)c(-c3cccs3)nc2c1. The molecule has 0 aliphatic carbocycles. The van der Waals surface area contributed by atoms with E-state index in [1.165, 1.54) is 26.4 Å². The van der Waals surface area contributed by atoms with E-state index in [2.05, 4.69) is 76.1 Å². The van der Waals surface area contributed by atoms with Gasteiger partial charge in [0.25, 0.3) is 0 Å². The number of thioether (sulfide) groups is 1.